The van der Waals surface area contributed by atoms with E-state index in [0.29, 0.717) is 13.1 Å². The summed E-state index contributed by atoms with van der Waals surface area (Å²) in [6.45, 7) is 12.9. The Bertz CT molecular complexity index is 841. The van der Waals surface area contributed by atoms with Crippen LogP contribution in [0.2, 0.25) is 0 Å². The fourth-order valence-corrected chi connectivity index (χ4v) is 6.98. The summed E-state index contributed by atoms with van der Waals surface area (Å²) >= 11 is 0. The van der Waals surface area contributed by atoms with Crippen LogP contribution in [-0.4, -0.2) is 95.1 Å². The van der Waals surface area contributed by atoms with Crippen molar-refractivity contribution in [1.82, 2.24) is 30.2 Å². The predicted molar refractivity (Wildman–Crippen MR) is 134 cm³/mol. The number of imide groups is 2. The lowest BCUT2D eigenvalue weighted by molar-refractivity contribution is 0.0605. The number of rotatable bonds is 6. The van der Waals surface area contributed by atoms with E-state index in [4.69, 9.17) is 0 Å². The average Bonchev–Trinajstić information content (AvgIpc) is 3.66. The van der Waals surface area contributed by atoms with Gasteiger partial charge in [0.15, 0.2) is 0 Å². The zero-order chi connectivity index (χ0) is 25.8. The molecule has 2 N–H and O–H groups in total. The van der Waals surface area contributed by atoms with E-state index in [1.165, 1.54) is 9.80 Å². The van der Waals surface area contributed by atoms with E-state index in [0.717, 1.165) is 64.7 Å². The minimum Gasteiger partial charge on any atom is -0.335 e. The Morgan fingerprint density at radius 1 is 0.694 bits per heavy atom. The summed E-state index contributed by atoms with van der Waals surface area (Å²) in [6.07, 6.45) is 5.24. The monoisotopic (exact) mass is 502 g/mol. The van der Waals surface area contributed by atoms with Crippen molar-refractivity contribution in [3.63, 3.8) is 0 Å². The molecule has 5 rings (SSSR count). The molecule has 2 saturated carbocycles. The number of nitrogens with one attached hydrogen (secondary N) is 2. The smallest absolute Gasteiger partial charge is 0.335 e. The maximum Gasteiger partial charge on any atom is 0.336 e. The van der Waals surface area contributed by atoms with Crippen LogP contribution < -0.4 is 10.6 Å². The molecule has 0 aromatic heterocycles. The Balaban J connectivity index is 1.14. The maximum absolute atomic E-state index is 13.0. The number of hydrogen-bond acceptors (Lipinski definition) is 4. The Morgan fingerprint density at radius 3 is 1.39 bits per heavy atom. The van der Waals surface area contributed by atoms with Gasteiger partial charge < -0.3 is 20.4 Å². The van der Waals surface area contributed by atoms with E-state index < -0.39 is 0 Å². The molecule has 0 aromatic rings. The number of nitrogens with zero attached hydrogens (tertiary/aromatic N) is 4. The van der Waals surface area contributed by atoms with Crippen molar-refractivity contribution >= 4 is 24.1 Å². The summed E-state index contributed by atoms with van der Waals surface area (Å²) in [6, 6.07) is -0.283. The number of carbonyl (C=O) groups excluding carboxylic acids is 4. The van der Waals surface area contributed by atoms with Gasteiger partial charge in [-0.05, 0) is 61.2 Å². The first-order valence-electron chi connectivity index (χ1n) is 13.6. The quantitative estimate of drug-likeness (QED) is 0.544. The van der Waals surface area contributed by atoms with Gasteiger partial charge in [-0.25, -0.2) is 29.0 Å². The van der Waals surface area contributed by atoms with Crippen molar-refractivity contribution in [2.24, 2.45) is 22.7 Å². The molecule has 36 heavy (non-hydrogen) atoms. The van der Waals surface area contributed by atoms with Gasteiger partial charge >= 0.3 is 24.1 Å². The molecule has 4 atom stereocenters. The van der Waals surface area contributed by atoms with Crippen LogP contribution >= 0.6 is 0 Å². The Morgan fingerprint density at radius 2 is 1.06 bits per heavy atom. The molecule has 5 fully saturated rings. The molecule has 200 valence electrons. The number of urea groups is 4. The highest BCUT2D eigenvalue weighted by molar-refractivity contribution is 6.11. The van der Waals surface area contributed by atoms with E-state index in [1.807, 2.05) is 0 Å². The lowest BCUT2D eigenvalue weighted by Crippen LogP contribution is -2.66. The van der Waals surface area contributed by atoms with Crippen LogP contribution in [0.15, 0.2) is 0 Å². The predicted octanol–water partition coefficient (Wildman–Crippen LogP) is 3.28. The standard InChI is InChI=1S/C26H42N6O4/c1-25(2)11-17(9-19(13-25)27-21(33)29-5-6-29)15-31-23(35)32(24(31)36)16-18-10-20(14-26(3,4)12-18)28-22(34)30-7-8-30/h17-20H,5-16H2,1-4H3,(H,27,33)(H,28,34). The van der Waals surface area contributed by atoms with Gasteiger partial charge in [0.1, 0.15) is 0 Å². The first-order valence-corrected chi connectivity index (χ1v) is 13.6. The zero-order valence-corrected chi connectivity index (χ0v) is 22.2. The van der Waals surface area contributed by atoms with Crippen molar-refractivity contribution in [1.29, 1.82) is 0 Å². The van der Waals surface area contributed by atoms with Crippen LogP contribution in [0.4, 0.5) is 19.2 Å². The van der Waals surface area contributed by atoms with Crippen molar-refractivity contribution in [3.05, 3.63) is 0 Å². The van der Waals surface area contributed by atoms with E-state index in [1.54, 1.807) is 9.80 Å². The Kier molecular flexibility index (Phi) is 6.35. The zero-order valence-electron chi connectivity index (χ0n) is 22.2. The molecule has 2 aliphatic carbocycles. The average molecular weight is 503 g/mol. The Hall–Kier alpha value is -2.52. The number of hydrogen-bond donors (Lipinski definition) is 2. The molecule has 8 amide bonds. The van der Waals surface area contributed by atoms with Crippen molar-refractivity contribution in [2.75, 3.05) is 39.3 Å². The third-order valence-electron chi connectivity index (χ3n) is 8.45. The van der Waals surface area contributed by atoms with E-state index >= 15 is 0 Å². The molecule has 0 spiro atoms. The SMILES string of the molecule is CC1(C)CC(CN2C(=O)N(CC3CC(NC(=O)N4CC4)CC(C)(C)C3)C2=O)CC(NC(=O)N2CC2)C1. The van der Waals surface area contributed by atoms with Crippen molar-refractivity contribution in [3.8, 4) is 0 Å². The molecule has 10 heteroatoms. The summed E-state index contributed by atoms with van der Waals surface area (Å²) in [7, 11) is 0. The topological polar surface area (TPSA) is 105 Å². The summed E-state index contributed by atoms with van der Waals surface area (Å²) in [5, 5.41) is 6.30. The molecule has 3 saturated heterocycles. The van der Waals surface area contributed by atoms with E-state index in [2.05, 4.69) is 38.3 Å². The van der Waals surface area contributed by atoms with Crippen LogP contribution in [0.25, 0.3) is 0 Å². The molecule has 5 aliphatic rings. The summed E-state index contributed by atoms with van der Waals surface area (Å²) in [4.78, 5) is 56.9. The van der Waals surface area contributed by atoms with Crippen LogP contribution in [0.5, 0.6) is 0 Å². The molecule has 4 unspecified atom stereocenters. The van der Waals surface area contributed by atoms with Gasteiger partial charge in [-0.3, -0.25) is 0 Å². The van der Waals surface area contributed by atoms with Crippen molar-refractivity contribution in [2.45, 2.75) is 78.3 Å². The number of amides is 8. The number of carbonyl (C=O) groups is 4. The highest BCUT2D eigenvalue weighted by Crippen LogP contribution is 2.42. The van der Waals surface area contributed by atoms with Crippen LogP contribution in [0, 0.1) is 22.7 Å². The van der Waals surface area contributed by atoms with E-state index in [9.17, 15) is 19.2 Å². The third-order valence-corrected chi connectivity index (χ3v) is 8.45. The fourth-order valence-electron chi connectivity index (χ4n) is 6.98. The summed E-state index contributed by atoms with van der Waals surface area (Å²) in [5.74, 6) is 0.350. The molecule has 3 aliphatic heterocycles. The first-order chi connectivity index (χ1) is 16.9. The van der Waals surface area contributed by atoms with Crippen LogP contribution in [0.3, 0.4) is 0 Å². The molecule has 3 heterocycles. The van der Waals surface area contributed by atoms with Gasteiger partial charge in [0.05, 0.1) is 0 Å². The lowest BCUT2D eigenvalue weighted by atomic mass is 9.69. The highest BCUT2D eigenvalue weighted by atomic mass is 16.2. The third kappa shape index (κ3) is 5.72. The second kappa shape index (κ2) is 9.10. The Labute approximate surface area is 214 Å². The summed E-state index contributed by atoms with van der Waals surface area (Å²) in [5.41, 5.74) is 0.0844. The van der Waals surface area contributed by atoms with Crippen molar-refractivity contribution < 1.29 is 19.2 Å². The van der Waals surface area contributed by atoms with E-state index in [-0.39, 0.29) is 58.9 Å². The second-order valence-corrected chi connectivity index (χ2v) is 13.4. The molecule has 0 bridgehead atoms. The minimum absolute atomic E-state index is 0.00190. The second-order valence-electron chi connectivity index (χ2n) is 13.4. The largest absolute Gasteiger partial charge is 0.336 e. The molecular formula is C26H42N6O4. The molecule has 0 aromatic carbocycles. The summed E-state index contributed by atoms with van der Waals surface area (Å²) < 4.78 is 0. The van der Waals surface area contributed by atoms with Gasteiger partial charge in [0, 0.05) is 51.4 Å². The normalized spacial score (nSPS) is 32.7. The lowest BCUT2D eigenvalue weighted by Gasteiger charge is -2.47. The van der Waals surface area contributed by atoms with Gasteiger partial charge in [-0.1, -0.05) is 27.7 Å². The van der Waals surface area contributed by atoms with Crippen LogP contribution in [0.1, 0.15) is 66.2 Å². The first kappa shape index (κ1) is 25.1. The minimum atomic E-state index is -0.207. The molecular weight excluding hydrogens is 460 g/mol. The highest BCUT2D eigenvalue weighted by Gasteiger charge is 2.48. The molecule has 0 radical (unpaired) electrons. The van der Waals surface area contributed by atoms with Gasteiger partial charge in [0.25, 0.3) is 0 Å². The molecule has 10 nitrogen and oxygen atoms in total. The fraction of sp³-hybridized carbons (Fsp3) is 0.846. The maximum atomic E-state index is 13.0. The van der Waals surface area contributed by atoms with Crippen LogP contribution in [-0.2, 0) is 0 Å². The van der Waals surface area contributed by atoms with Gasteiger partial charge in [-0.2, -0.15) is 0 Å². The van der Waals surface area contributed by atoms with Gasteiger partial charge in [-0.15, -0.1) is 0 Å². The van der Waals surface area contributed by atoms with Gasteiger partial charge in [0.2, 0.25) is 0 Å².